The largest absolute Gasteiger partial charge is 0.478 e. The van der Waals surface area contributed by atoms with Gasteiger partial charge in [0.25, 0.3) is 5.69 Å². The molecule has 2 aromatic carbocycles. The first-order valence-electron chi connectivity index (χ1n) is 6.55. The number of carboxylic acid groups (broad SMARTS) is 1. The fourth-order valence-corrected chi connectivity index (χ4v) is 2.34. The summed E-state index contributed by atoms with van der Waals surface area (Å²) in [6.45, 7) is 0. The molecule has 1 aliphatic rings. The average Bonchev–Trinajstić information content (AvgIpc) is 2.54. The highest BCUT2D eigenvalue weighted by Crippen LogP contribution is 2.33. The molecule has 0 aliphatic carbocycles. The van der Waals surface area contributed by atoms with Gasteiger partial charge in [-0.3, -0.25) is 10.1 Å². The van der Waals surface area contributed by atoms with Crippen LogP contribution < -0.4 is 5.32 Å². The van der Waals surface area contributed by atoms with Gasteiger partial charge in [0.2, 0.25) is 6.23 Å². The smallest absolute Gasteiger partial charge is 0.342 e. The van der Waals surface area contributed by atoms with Gasteiger partial charge in [-0.2, -0.15) is 0 Å². The van der Waals surface area contributed by atoms with Crippen molar-refractivity contribution < 1.29 is 24.4 Å². The molecule has 2 N–H and O–H groups in total. The lowest BCUT2D eigenvalue weighted by Gasteiger charge is -2.27. The SMILES string of the molecule is O=C1O[C@@H](c2ccc([N+](=O)[O-])cc2C(=O)O)Nc2ccccc21. The van der Waals surface area contributed by atoms with Gasteiger partial charge >= 0.3 is 11.9 Å². The fourth-order valence-electron chi connectivity index (χ4n) is 2.34. The van der Waals surface area contributed by atoms with Crippen LogP contribution in [0.4, 0.5) is 11.4 Å². The molecular weight excluding hydrogens is 304 g/mol. The molecule has 2 aromatic rings. The highest BCUT2D eigenvalue weighted by Gasteiger charge is 2.30. The van der Waals surface area contributed by atoms with Crippen molar-refractivity contribution >= 4 is 23.3 Å². The molecule has 23 heavy (non-hydrogen) atoms. The number of hydrogen-bond acceptors (Lipinski definition) is 6. The van der Waals surface area contributed by atoms with Crippen LogP contribution in [0.1, 0.15) is 32.5 Å². The molecule has 1 atom stereocenters. The van der Waals surface area contributed by atoms with E-state index in [2.05, 4.69) is 5.32 Å². The topological polar surface area (TPSA) is 119 Å². The number of nitro groups is 1. The number of fused-ring (bicyclic) bond motifs is 1. The minimum atomic E-state index is -1.35. The molecule has 116 valence electrons. The number of para-hydroxylation sites is 1. The summed E-state index contributed by atoms with van der Waals surface area (Å²) < 4.78 is 5.21. The Labute approximate surface area is 129 Å². The average molecular weight is 314 g/mol. The zero-order valence-electron chi connectivity index (χ0n) is 11.6. The van der Waals surface area contributed by atoms with Crippen LogP contribution >= 0.6 is 0 Å². The number of carbonyl (C=O) groups is 2. The van der Waals surface area contributed by atoms with E-state index in [1.165, 1.54) is 6.07 Å². The third-order valence-corrected chi connectivity index (χ3v) is 3.42. The molecule has 0 amide bonds. The number of nitrogens with zero attached hydrogens (tertiary/aromatic N) is 1. The molecule has 8 nitrogen and oxygen atoms in total. The van der Waals surface area contributed by atoms with Gasteiger partial charge in [0, 0.05) is 17.7 Å². The molecule has 3 rings (SSSR count). The quantitative estimate of drug-likeness (QED) is 0.507. The zero-order valence-corrected chi connectivity index (χ0v) is 11.6. The van der Waals surface area contributed by atoms with Crippen LogP contribution in [0, 0.1) is 10.1 Å². The van der Waals surface area contributed by atoms with Gasteiger partial charge in [0.05, 0.1) is 21.7 Å². The zero-order chi connectivity index (χ0) is 16.6. The number of benzene rings is 2. The van der Waals surface area contributed by atoms with Crippen molar-refractivity contribution in [3.63, 3.8) is 0 Å². The lowest BCUT2D eigenvalue weighted by molar-refractivity contribution is -0.384. The molecular formula is C15H10N2O6. The number of anilines is 1. The summed E-state index contributed by atoms with van der Waals surface area (Å²) >= 11 is 0. The number of esters is 1. The Morgan fingerprint density at radius 3 is 2.70 bits per heavy atom. The van der Waals surface area contributed by atoms with Gasteiger partial charge in [-0.1, -0.05) is 12.1 Å². The van der Waals surface area contributed by atoms with Crippen molar-refractivity contribution in [2.45, 2.75) is 6.23 Å². The number of nitrogens with one attached hydrogen (secondary N) is 1. The molecule has 0 bridgehead atoms. The van der Waals surface area contributed by atoms with Crippen LogP contribution in [0.5, 0.6) is 0 Å². The molecule has 0 aromatic heterocycles. The number of carbonyl (C=O) groups excluding carboxylic acids is 1. The van der Waals surface area contributed by atoms with Crippen molar-refractivity contribution in [2.75, 3.05) is 5.32 Å². The van der Waals surface area contributed by atoms with Gasteiger partial charge in [-0.05, 0) is 18.2 Å². The number of non-ortho nitro benzene ring substituents is 1. The number of ether oxygens (including phenoxy) is 1. The summed E-state index contributed by atoms with van der Waals surface area (Å²) in [6, 6.07) is 10.0. The second-order valence-corrected chi connectivity index (χ2v) is 4.81. The number of hydrogen-bond donors (Lipinski definition) is 2. The number of rotatable bonds is 3. The van der Waals surface area contributed by atoms with Crippen molar-refractivity contribution in [3.05, 3.63) is 69.3 Å². The summed E-state index contributed by atoms with van der Waals surface area (Å²) in [6.07, 6.45) is -1.04. The number of nitro benzene ring substituents is 1. The predicted molar refractivity (Wildman–Crippen MR) is 78.3 cm³/mol. The molecule has 0 fully saturated rings. The van der Waals surface area contributed by atoms with E-state index in [4.69, 9.17) is 4.74 Å². The van der Waals surface area contributed by atoms with Gasteiger partial charge in [0.1, 0.15) is 0 Å². The maximum Gasteiger partial charge on any atom is 0.342 e. The van der Waals surface area contributed by atoms with E-state index in [1.54, 1.807) is 24.3 Å². The van der Waals surface area contributed by atoms with Gasteiger partial charge in [0.15, 0.2) is 0 Å². The van der Waals surface area contributed by atoms with E-state index in [0.29, 0.717) is 11.3 Å². The van der Waals surface area contributed by atoms with Crippen LogP contribution in [-0.4, -0.2) is 22.0 Å². The summed E-state index contributed by atoms with van der Waals surface area (Å²) in [5.74, 6) is -1.94. The summed E-state index contributed by atoms with van der Waals surface area (Å²) in [4.78, 5) is 33.5. The van der Waals surface area contributed by atoms with E-state index >= 15 is 0 Å². The van der Waals surface area contributed by atoms with Crippen LogP contribution in [0.3, 0.4) is 0 Å². The third kappa shape index (κ3) is 2.57. The first-order chi connectivity index (χ1) is 11.0. The third-order valence-electron chi connectivity index (χ3n) is 3.42. The number of aromatic carboxylic acids is 1. The summed E-state index contributed by atoms with van der Waals surface area (Å²) in [5.41, 5.74) is 0.314. The Bertz CT molecular complexity index is 832. The molecule has 0 saturated heterocycles. The van der Waals surface area contributed by atoms with Gasteiger partial charge in [-0.25, -0.2) is 9.59 Å². The van der Waals surface area contributed by atoms with Crippen LogP contribution in [0.15, 0.2) is 42.5 Å². The van der Waals surface area contributed by atoms with E-state index < -0.39 is 23.1 Å². The van der Waals surface area contributed by atoms with Crippen molar-refractivity contribution in [3.8, 4) is 0 Å². The lowest BCUT2D eigenvalue weighted by atomic mass is 10.0. The van der Waals surface area contributed by atoms with Crippen LogP contribution in [-0.2, 0) is 4.74 Å². The number of cyclic esters (lactones) is 1. The first kappa shape index (κ1) is 14.5. The van der Waals surface area contributed by atoms with E-state index in [1.807, 2.05) is 0 Å². The summed E-state index contributed by atoms with van der Waals surface area (Å²) in [5, 5.41) is 23.0. The molecule has 0 unspecified atom stereocenters. The Morgan fingerprint density at radius 1 is 1.26 bits per heavy atom. The monoisotopic (exact) mass is 314 g/mol. The van der Waals surface area contributed by atoms with Crippen molar-refractivity contribution in [1.29, 1.82) is 0 Å². The minimum absolute atomic E-state index is 0.131. The highest BCUT2D eigenvalue weighted by atomic mass is 16.6. The second kappa shape index (κ2) is 5.41. The van der Waals surface area contributed by atoms with Crippen molar-refractivity contribution in [2.24, 2.45) is 0 Å². The van der Waals surface area contributed by atoms with E-state index in [9.17, 15) is 24.8 Å². The van der Waals surface area contributed by atoms with E-state index in [-0.39, 0.29) is 16.8 Å². The highest BCUT2D eigenvalue weighted by molar-refractivity contribution is 5.98. The maximum absolute atomic E-state index is 12.0. The molecule has 8 heteroatoms. The lowest BCUT2D eigenvalue weighted by Crippen LogP contribution is -2.27. The maximum atomic E-state index is 12.0. The molecule has 0 spiro atoms. The molecule has 1 aliphatic heterocycles. The van der Waals surface area contributed by atoms with Crippen LogP contribution in [0.2, 0.25) is 0 Å². The Balaban J connectivity index is 2.04. The van der Waals surface area contributed by atoms with Gasteiger partial charge in [-0.15, -0.1) is 0 Å². The minimum Gasteiger partial charge on any atom is -0.478 e. The molecule has 0 radical (unpaired) electrons. The fraction of sp³-hybridized carbons (Fsp3) is 0.0667. The first-order valence-corrected chi connectivity index (χ1v) is 6.55. The van der Waals surface area contributed by atoms with Crippen molar-refractivity contribution in [1.82, 2.24) is 0 Å². The molecule has 1 heterocycles. The summed E-state index contributed by atoms with van der Waals surface area (Å²) in [7, 11) is 0. The molecule has 0 saturated carbocycles. The number of carboxylic acids is 1. The Kier molecular flexibility index (Phi) is 3.41. The second-order valence-electron chi connectivity index (χ2n) is 4.81. The standard InChI is InChI=1S/C15H10N2O6/c18-14(19)11-7-8(17(21)22)5-6-9(11)13-16-12-4-2-1-3-10(12)15(20)23-13/h1-7,13,16H,(H,18,19)/t13-/m0/s1. The predicted octanol–water partition coefficient (Wildman–Crippen LogP) is 2.57. The van der Waals surface area contributed by atoms with E-state index in [0.717, 1.165) is 12.1 Å². The normalized spacial score (nSPS) is 16.0. The van der Waals surface area contributed by atoms with Crippen LogP contribution in [0.25, 0.3) is 0 Å². The van der Waals surface area contributed by atoms with Gasteiger partial charge < -0.3 is 15.2 Å². The Hall–Kier alpha value is -3.42. The Morgan fingerprint density at radius 2 is 2.00 bits per heavy atom.